The van der Waals surface area contributed by atoms with Crippen molar-refractivity contribution >= 4 is 33.6 Å². The number of benzene rings is 2. The highest BCUT2D eigenvalue weighted by Crippen LogP contribution is 2.38. The summed E-state index contributed by atoms with van der Waals surface area (Å²) in [6, 6.07) is 7.80. The predicted octanol–water partition coefficient (Wildman–Crippen LogP) is 2.70. The van der Waals surface area contributed by atoms with Gasteiger partial charge in [0.2, 0.25) is 11.8 Å². The molecule has 5 rings (SSSR count). The highest BCUT2D eigenvalue weighted by Gasteiger charge is 2.28. The number of urea groups is 1. The van der Waals surface area contributed by atoms with Gasteiger partial charge in [-0.15, -0.1) is 0 Å². The molecule has 0 spiro atoms. The molecule has 38 heavy (non-hydrogen) atoms. The minimum absolute atomic E-state index is 0.00105. The standard InChI is InChI=1S/C28H34N4O5S/c1-32-17-21(10-13-25(32)33)27(34)29-15-14-18-8-11-22(12-9-18)38(36,37)31-28(35)30-26-23-6-2-4-19(23)16-20-5-3-7-24(20)26/h8-9,11-12,16,21H,2-7,10,13-15,17H2,1H3,(H,29,34)(H2,30,31,35). The second kappa shape index (κ2) is 10.8. The van der Waals surface area contributed by atoms with Crippen molar-refractivity contribution in [1.82, 2.24) is 14.9 Å². The zero-order chi connectivity index (χ0) is 26.9. The number of nitrogens with one attached hydrogen (secondary N) is 3. The largest absolute Gasteiger partial charge is 0.355 e. The molecule has 3 aliphatic rings. The second-order valence-electron chi connectivity index (χ2n) is 10.5. The van der Waals surface area contributed by atoms with Gasteiger partial charge in [0.1, 0.15) is 0 Å². The van der Waals surface area contributed by atoms with Gasteiger partial charge in [-0.2, -0.15) is 0 Å². The maximum atomic E-state index is 12.9. The first kappa shape index (κ1) is 26.2. The Bertz CT molecular complexity index is 1340. The van der Waals surface area contributed by atoms with E-state index in [1.54, 1.807) is 24.1 Å². The predicted molar refractivity (Wildman–Crippen MR) is 143 cm³/mol. The molecule has 0 bridgehead atoms. The lowest BCUT2D eigenvalue weighted by Crippen LogP contribution is -2.44. The third kappa shape index (κ3) is 5.55. The molecule has 0 radical (unpaired) electrons. The van der Waals surface area contributed by atoms with Gasteiger partial charge in [-0.1, -0.05) is 18.2 Å². The molecule has 0 aromatic heterocycles. The molecule has 2 aliphatic carbocycles. The van der Waals surface area contributed by atoms with Gasteiger partial charge in [-0.3, -0.25) is 9.59 Å². The average molecular weight is 539 g/mol. The van der Waals surface area contributed by atoms with E-state index in [1.165, 1.54) is 23.3 Å². The van der Waals surface area contributed by atoms with Gasteiger partial charge in [0.15, 0.2) is 0 Å². The zero-order valence-corrected chi connectivity index (χ0v) is 22.5. The first-order valence-electron chi connectivity index (χ1n) is 13.3. The van der Waals surface area contributed by atoms with Crippen molar-refractivity contribution in [2.45, 2.75) is 62.7 Å². The first-order valence-corrected chi connectivity index (χ1v) is 14.8. The third-order valence-corrected chi connectivity index (χ3v) is 9.23. The Morgan fingerprint density at radius 3 is 2.26 bits per heavy atom. The van der Waals surface area contributed by atoms with Crippen molar-refractivity contribution in [2.24, 2.45) is 5.92 Å². The lowest BCUT2D eigenvalue weighted by Gasteiger charge is -2.28. The van der Waals surface area contributed by atoms with Gasteiger partial charge >= 0.3 is 6.03 Å². The molecular weight excluding hydrogens is 504 g/mol. The lowest BCUT2D eigenvalue weighted by atomic mass is 9.97. The average Bonchev–Trinajstić information content (AvgIpc) is 3.55. The molecule has 1 atom stereocenters. The maximum Gasteiger partial charge on any atom is 0.333 e. The molecule has 2 aromatic carbocycles. The first-order chi connectivity index (χ1) is 18.2. The number of rotatable bonds is 7. The Kier molecular flexibility index (Phi) is 7.43. The highest BCUT2D eigenvalue weighted by molar-refractivity contribution is 7.90. The highest BCUT2D eigenvalue weighted by atomic mass is 32.2. The summed E-state index contributed by atoms with van der Waals surface area (Å²) in [5.41, 5.74) is 6.45. The fourth-order valence-electron chi connectivity index (χ4n) is 5.82. The smallest absolute Gasteiger partial charge is 0.333 e. The maximum absolute atomic E-state index is 12.9. The number of sulfonamides is 1. The van der Waals surface area contributed by atoms with E-state index in [9.17, 15) is 22.8 Å². The van der Waals surface area contributed by atoms with E-state index in [0.29, 0.717) is 32.4 Å². The van der Waals surface area contributed by atoms with Gasteiger partial charge in [0, 0.05) is 32.2 Å². The van der Waals surface area contributed by atoms with E-state index >= 15 is 0 Å². The molecule has 4 amide bonds. The zero-order valence-electron chi connectivity index (χ0n) is 21.6. The monoisotopic (exact) mass is 538 g/mol. The number of nitrogens with zero attached hydrogens (tertiary/aromatic N) is 1. The molecule has 1 fully saturated rings. The van der Waals surface area contributed by atoms with Crippen molar-refractivity contribution in [3.63, 3.8) is 0 Å². The second-order valence-corrected chi connectivity index (χ2v) is 12.2. The minimum Gasteiger partial charge on any atom is -0.355 e. The summed E-state index contributed by atoms with van der Waals surface area (Å²) in [6.45, 7) is 0.832. The number of carbonyl (C=O) groups is 3. The summed E-state index contributed by atoms with van der Waals surface area (Å²) >= 11 is 0. The molecular formula is C28H34N4O5S. The quantitative estimate of drug-likeness (QED) is 0.500. The number of fused-ring (bicyclic) bond motifs is 2. The Balaban J connectivity index is 1.15. The Labute approximate surface area is 223 Å². The number of anilines is 1. The molecule has 3 N–H and O–H groups in total. The van der Waals surface area contributed by atoms with Crippen molar-refractivity contribution in [3.05, 3.63) is 58.1 Å². The van der Waals surface area contributed by atoms with Crippen LogP contribution in [-0.4, -0.2) is 51.3 Å². The molecule has 1 saturated heterocycles. The van der Waals surface area contributed by atoms with Gasteiger partial charge in [0.25, 0.3) is 10.0 Å². The summed E-state index contributed by atoms with van der Waals surface area (Å²) in [7, 11) is -2.34. The Hall–Kier alpha value is -3.40. The third-order valence-electron chi connectivity index (χ3n) is 7.88. The molecule has 202 valence electrons. The number of hydrogen-bond donors (Lipinski definition) is 3. The molecule has 10 heteroatoms. The van der Waals surface area contributed by atoms with Crippen LogP contribution in [0.1, 0.15) is 53.5 Å². The van der Waals surface area contributed by atoms with Gasteiger partial charge in [0.05, 0.1) is 10.8 Å². The van der Waals surface area contributed by atoms with Crippen LogP contribution in [0.5, 0.6) is 0 Å². The Morgan fingerprint density at radius 2 is 1.63 bits per heavy atom. The topological polar surface area (TPSA) is 125 Å². The molecule has 1 heterocycles. The van der Waals surface area contributed by atoms with E-state index < -0.39 is 16.1 Å². The van der Waals surface area contributed by atoms with Crippen molar-refractivity contribution in [3.8, 4) is 0 Å². The van der Waals surface area contributed by atoms with Crippen LogP contribution in [0, 0.1) is 5.92 Å². The van der Waals surface area contributed by atoms with E-state index in [4.69, 9.17) is 0 Å². The molecule has 2 aromatic rings. The van der Waals surface area contributed by atoms with Crippen LogP contribution in [0.4, 0.5) is 10.5 Å². The number of hydrogen-bond acceptors (Lipinski definition) is 5. The summed E-state index contributed by atoms with van der Waals surface area (Å²) in [6.07, 6.45) is 7.33. The molecule has 1 aliphatic heterocycles. The van der Waals surface area contributed by atoms with Crippen LogP contribution in [0.2, 0.25) is 0 Å². The SMILES string of the molecule is CN1CC(C(=O)NCCc2ccc(S(=O)(=O)NC(=O)Nc3c4c(cc5c3CCC5)CCC4)cc2)CCC1=O. The van der Waals surface area contributed by atoms with E-state index in [-0.39, 0.29) is 22.6 Å². The summed E-state index contributed by atoms with van der Waals surface area (Å²) in [5.74, 6) is -0.225. The van der Waals surface area contributed by atoms with E-state index in [0.717, 1.165) is 60.9 Å². The number of likely N-dealkylation sites (tertiary alicyclic amines) is 1. The van der Waals surface area contributed by atoms with E-state index in [2.05, 4.69) is 21.4 Å². The number of piperidine rings is 1. The normalized spacial score (nSPS) is 18.6. The molecule has 9 nitrogen and oxygen atoms in total. The van der Waals surface area contributed by atoms with Crippen LogP contribution in [0.15, 0.2) is 35.2 Å². The number of amides is 4. The minimum atomic E-state index is -4.05. The van der Waals surface area contributed by atoms with E-state index in [1.807, 2.05) is 0 Å². The van der Waals surface area contributed by atoms with Crippen LogP contribution >= 0.6 is 0 Å². The van der Waals surface area contributed by atoms with Crippen LogP contribution < -0.4 is 15.4 Å². The van der Waals surface area contributed by atoms with Crippen molar-refractivity contribution < 1.29 is 22.8 Å². The number of aryl methyl sites for hydroxylation is 2. The lowest BCUT2D eigenvalue weighted by molar-refractivity contribution is -0.136. The van der Waals surface area contributed by atoms with Crippen LogP contribution in [0.3, 0.4) is 0 Å². The molecule has 0 saturated carbocycles. The number of carbonyl (C=O) groups excluding carboxylic acids is 3. The van der Waals surface area contributed by atoms with Gasteiger partial charge < -0.3 is 15.5 Å². The fourth-order valence-corrected chi connectivity index (χ4v) is 6.73. The van der Waals surface area contributed by atoms with Crippen molar-refractivity contribution in [1.29, 1.82) is 0 Å². The van der Waals surface area contributed by atoms with Crippen LogP contribution in [-0.2, 0) is 51.7 Å². The Morgan fingerprint density at radius 1 is 0.974 bits per heavy atom. The summed E-state index contributed by atoms with van der Waals surface area (Å²) in [4.78, 5) is 38.4. The van der Waals surface area contributed by atoms with Crippen LogP contribution in [0.25, 0.3) is 0 Å². The summed E-state index contributed by atoms with van der Waals surface area (Å²) < 4.78 is 27.9. The summed E-state index contributed by atoms with van der Waals surface area (Å²) in [5, 5.41) is 5.76. The van der Waals surface area contributed by atoms with Crippen molar-refractivity contribution in [2.75, 3.05) is 25.5 Å². The van der Waals surface area contributed by atoms with Gasteiger partial charge in [-0.05, 0) is 91.3 Å². The van der Waals surface area contributed by atoms with Gasteiger partial charge in [-0.25, -0.2) is 17.9 Å². The molecule has 1 unspecified atom stereocenters. The fraction of sp³-hybridized carbons (Fsp3) is 0.464.